The van der Waals surface area contributed by atoms with Crippen LogP contribution in [0.4, 0.5) is 0 Å². The number of hydrogen-bond donors (Lipinski definition) is 0. The summed E-state index contributed by atoms with van der Waals surface area (Å²) in [7, 11) is 0. The van der Waals surface area contributed by atoms with E-state index in [1.807, 2.05) is 54.7 Å². The SMILES string of the molecule is c1ccc(-c2cc(-c3cccc4c3oc3ccccc34)nc(-c3ccc(-c4cccnc4)cc3)n2)cc1. The maximum absolute atomic E-state index is 6.33. The summed E-state index contributed by atoms with van der Waals surface area (Å²) >= 11 is 0. The third-order valence-electron chi connectivity index (χ3n) is 6.61. The van der Waals surface area contributed by atoms with Gasteiger partial charge in [0.2, 0.25) is 0 Å². The zero-order valence-corrected chi connectivity index (χ0v) is 19.9. The van der Waals surface area contributed by atoms with Crippen molar-refractivity contribution in [3.63, 3.8) is 0 Å². The van der Waals surface area contributed by atoms with Crippen LogP contribution in [0.15, 0.2) is 132 Å². The molecular weight excluding hydrogens is 454 g/mol. The average Bonchev–Trinajstić information content (AvgIpc) is 3.37. The number of benzene rings is 4. The minimum Gasteiger partial charge on any atom is -0.455 e. The van der Waals surface area contributed by atoms with Crippen LogP contribution in [-0.4, -0.2) is 15.0 Å². The van der Waals surface area contributed by atoms with Gasteiger partial charge in [0.25, 0.3) is 0 Å². The van der Waals surface area contributed by atoms with Gasteiger partial charge in [-0.3, -0.25) is 4.98 Å². The number of nitrogens with zero attached hydrogens (tertiary/aromatic N) is 3. The summed E-state index contributed by atoms with van der Waals surface area (Å²) < 4.78 is 6.33. The zero-order valence-electron chi connectivity index (χ0n) is 19.9. The topological polar surface area (TPSA) is 51.8 Å². The van der Waals surface area contributed by atoms with Crippen molar-refractivity contribution in [1.29, 1.82) is 0 Å². The molecule has 0 atom stereocenters. The Morgan fingerprint density at radius 3 is 2.08 bits per heavy atom. The molecule has 7 rings (SSSR count). The summed E-state index contributed by atoms with van der Waals surface area (Å²) in [6, 6.07) is 38.9. The van der Waals surface area contributed by atoms with Gasteiger partial charge in [-0.15, -0.1) is 0 Å². The molecule has 4 aromatic carbocycles. The van der Waals surface area contributed by atoms with Crippen LogP contribution in [0.1, 0.15) is 0 Å². The van der Waals surface area contributed by atoms with E-state index in [1.165, 1.54) is 0 Å². The van der Waals surface area contributed by atoms with E-state index in [-0.39, 0.29) is 0 Å². The summed E-state index contributed by atoms with van der Waals surface area (Å²) in [5, 5.41) is 2.18. The number of para-hydroxylation sites is 2. The number of pyridine rings is 1. The molecule has 0 aliphatic heterocycles. The van der Waals surface area contributed by atoms with E-state index < -0.39 is 0 Å². The monoisotopic (exact) mass is 475 g/mol. The van der Waals surface area contributed by atoms with E-state index in [0.717, 1.165) is 61.1 Å². The van der Waals surface area contributed by atoms with Crippen molar-refractivity contribution in [2.45, 2.75) is 0 Å². The Morgan fingerprint density at radius 1 is 0.514 bits per heavy atom. The molecule has 0 unspecified atom stereocenters. The first-order valence-electron chi connectivity index (χ1n) is 12.2. The summed E-state index contributed by atoms with van der Waals surface area (Å²) in [5.74, 6) is 0.669. The molecule has 37 heavy (non-hydrogen) atoms. The third kappa shape index (κ3) is 3.85. The van der Waals surface area contributed by atoms with Gasteiger partial charge in [0.1, 0.15) is 11.2 Å². The molecule has 174 valence electrons. The van der Waals surface area contributed by atoms with Crippen molar-refractivity contribution in [3.8, 4) is 45.0 Å². The fourth-order valence-corrected chi connectivity index (χ4v) is 4.77. The summed E-state index contributed by atoms with van der Waals surface area (Å²) in [6.07, 6.45) is 3.65. The maximum atomic E-state index is 6.33. The summed E-state index contributed by atoms with van der Waals surface area (Å²) in [4.78, 5) is 14.2. The number of furan rings is 1. The van der Waals surface area contributed by atoms with Crippen LogP contribution < -0.4 is 0 Å². The van der Waals surface area contributed by atoms with Gasteiger partial charge in [-0.25, -0.2) is 9.97 Å². The standard InChI is InChI=1S/C33H21N3O/c1-2-8-23(9-3-1)29-20-30(28-13-6-12-27-26-11-4-5-14-31(26)37-32(27)28)36-33(35-29)24-17-15-22(16-18-24)25-10-7-19-34-21-25/h1-21H. The van der Waals surface area contributed by atoms with Crippen molar-refractivity contribution in [1.82, 2.24) is 15.0 Å². The Morgan fingerprint density at radius 2 is 1.24 bits per heavy atom. The molecule has 0 radical (unpaired) electrons. The molecule has 0 fully saturated rings. The lowest BCUT2D eigenvalue weighted by Gasteiger charge is -2.10. The summed E-state index contributed by atoms with van der Waals surface area (Å²) in [5.41, 5.74) is 8.50. The molecule has 0 aliphatic carbocycles. The van der Waals surface area contributed by atoms with Crippen molar-refractivity contribution in [3.05, 3.63) is 128 Å². The molecule has 0 N–H and O–H groups in total. The van der Waals surface area contributed by atoms with E-state index in [9.17, 15) is 0 Å². The fourth-order valence-electron chi connectivity index (χ4n) is 4.77. The highest BCUT2D eigenvalue weighted by Crippen LogP contribution is 2.36. The van der Waals surface area contributed by atoms with Crippen LogP contribution in [-0.2, 0) is 0 Å². The van der Waals surface area contributed by atoms with Crippen molar-refractivity contribution in [2.24, 2.45) is 0 Å². The lowest BCUT2D eigenvalue weighted by molar-refractivity contribution is 0.670. The normalized spacial score (nSPS) is 11.2. The molecule has 0 bridgehead atoms. The Balaban J connectivity index is 1.41. The van der Waals surface area contributed by atoms with Crippen molar-refractivity contribution < 1.29 is 4.42 Å². The fraction of sp³-hybridized carbons (Fsp3) is 0. The van der Waals surface area contributed by atoms with Gasteiger partial charge in [0.15, 0.2) is 5.82 Å². The zero-order chi connectivity index (χ0) is 24.6. The van der Waals surface area contributed by atoms with Gasteiger partial charge in [-0.1, -0.05) is 91.0 Å². The molecule has 0 amide bonds. The lowest BCUT2D eigenvalue weighted by Crippen LogP contribution is -1.96. The van der Waals surface area contributed by atoms with Crippen molar-refractivity contribution in [2.75, 3.05) is 0 Å². The predicted octanol–water partition coefficient (Wildman–Crippen LogP) is 8.44. The first-order valence-corrected chi connectivity index (χ1v) is 12.2. The number of hydrogen-bond acceptors (Lipinski definition) is 4. The molecule has 4 heteroatoms. The molecule has 3 aromatic heterocycles. The van der Waals surface area contributed by atoms with E-state index >= 15 is 0 Å². The van der Waals surface area contributed by atoms with Gasteiger partial charge in [-0.2, -0.15) is 0 Å². The van der Waals surface area contributed by atoms with Gasteiger partial charge in [0, 0.05) is 39.9 Å². The Kier molecular flexibility index (Phi) is 5.07. The molecular formula is C33H21N3O. The molecule has 0 spiro atoms. The van der Waals surface area contributed by atoms with E-state index in [0.29, 0.717) is 5.82 Å². The van der Waals surface area contributed by atoms with E-state index in [2.05, 4.69) is 71.7 Å². The smallest absolute Gasteiger partial charge is 0.160 e. The number of fused-ring (bicyclic) bond motifs is 3. The predicted molar refractivity (Wildman–Crippen MR) is 149 cm³/mol. The first-order chi connectivity index (χ1) is 18.3. The lowest BCUT2D eigenvalue weighted by atomic mass is 10.0. The van der Waals surface area contributed by atoms with Gasteiger partial charge in [0.05, 0.1) is 11.4 Å². The second-order valence-corrected chi connectivity index (χ2v) is 8.93. The van der Waals surface area contributed by atoms with Crippen LogP contribution in [0.3, 0.4) is 0 Å². The largest absolute Gasteiger partial charge is 0.455 e. The number of rotatable bonds is 4. The summed E-state index contributed by atoms with van der Waals surface area (Å²) in [6.45, 7) is 0. The van der Waals surface area contributed by atoms with E-state index in [1.54, 1.807) is 6.20 Å². The second kappa shape index (κ2) is 8.85. The maximum Gasteiger partial charge on any atom is 0.160 e. The second-order valence-electron chi connectivity index (χ2n) is 8.93. The van der Waals surface area contributed by atoms with Crippen LogP contribution in [0.25, 0.3) is 67.0 Å². The number of aromatic nitrogens is 3. The van der Waals surface area contributed by atoms with Gasteiger partial charge < -0.3 is 4.42 Å². The molecule has 0 saturated carbocycles. The van der Waals surface area contributed by atoms with E-state index in [4.69, 9.17) is 14.4 Å². The van der Waals surface area contributed by atoms with Crippen LogP contribution in [0.5, 0.6) is 0 Å². The Labute approximate surface area is 213 Å². The minimum atomic E-state index is 0.669. The Hall–Kier alpha value is -5.09. The molecule has 0 saturated heterocycles. The molecule has 3 heterocycles. The highest BCUT2D eigenvalue weighted by Gasteiger charge is 2.16. The average molecular weight is 476 g/mol. The molecule has 7 aromatic rings. The Bertz CT molecular complexity index is 1860. The van der Waals surface area contributed by atoms with Crippen LogP contribution >= 0.6 is 0 Å². The highest BCUT2D eigenvalue weighted by molar-refractivity contribution is 6.09. The van der Waals surface area contributed by atoms with Gasteiger partial charge in [-0.05, 0) is 35.4 Å². The molecule has 0 aliphatic rings. The van der Waals surface area contributed by atoms with Crippen LogP contribution in [0, 0.1) is 0 Å². The molecule has 4 nitrogen and oxygen atoms in total. The van der Waals surface area contributed by atoms with Crippen LogP contribution in [0.2, 0.25) is 0 Å². The quantitative estimate of drug-likeness (QED) is 0.256. The van der Waals surface area contributed by atoms with Gasteiger partial charge >= 0.3 is 0 Å². The highest BCUT2D eigenvalue weighted by atomic mass is 16.3. The van der Waals surface area contributed by atoms with Crippen molar-refractivity contribution >= 4 is 21.9 Å². The first kappa shape index (κ1) is 21.2. The third-order valence-corrected chi connectivity index (χ3v) is 6.61. The minimum absolute atomic E-state index is 0.669.